The molecule has 178 valence electrons. The van der Waals surface area contributed by atoms with Crippen LogP contribution in [0.2, 0.25) is 0 Å². The molecule has 0 radical (unpaired) electrons. The summed E-state index contributed by atoms with van der Waals surface area (Å²) in [6, 6.07) is 16.1. The van der Waals surface area contributed by atoms with Crippen LogP contribution in [0, 0.1) is 6.92 Å². The summed E-state index contributed by atoms with van der Waals surface area (Å²) in [6.45, 7) is 2.49. The van der Waals surface area contributed by atoms with Gasteiger partial charge in [-0.1, -0.05) is 36.4 Å². The average molecular weight is 488 g/mol. The maximum atomic E-state index is 16.5. The number of rotatable bonds is 5. The quantitative estimate of drug-likeness (QED) is 0.384. The standard InChI is InChI=1S/C27H26FN5OS/c1-16-6-5-9-17-12-14-29-24(21(16)17)33-15-13-20(27-32-31-26(35-27)19-10-11-19)22(23(33)28)30-25(34)18-7-3-2-4-8-18/h2-9,12,14,19-20,22-23H,10-11,13,15H2,1H3,(H,30,34)/t20-,22-,23+/m1/s1. The Morgan fingerprint density at radius 3 is 2.63 bits per heavy atom. The molecule has 6 rings (SSSR count). The van der Waals surface area contributed by atoms with Crippen molar-refractivity contribution in [1.29, 1.82) is 0 Å². The van der Waals surface area contributed by atoms with Gasteiger partial charge in [-0.15, -0.1) is 21.5 Å². The van der Waals surface area contributed by atoms with Crippen LogP contribution in [-0.2, 0) is 0 Å². The van der Waals surface area contributed by atoms with E-state index in [0.29, 0.717) is 30.3 Å². The highest BCUT2D eigenvalue weighted by atomic mass is 32.1. The predicted molar refractivity (Wildman–Crippen MR) is 136 cm³/mol. The van der Waals surface area contributed by atoms with Gasteiger partial charge in [0.1, 0.15) is 15.8 Å². The number of amides is 1. The molecular formula is C27H26FN5OS. The van der Waals surface area contributed by atoms with Crippen molar-refractivity contribution in [3.05, 3.63) is 81.9 Å². The molecule has 3 atom stereocenters. The van der Waals surface area contributed by atoms with Crippen LogP contribution in [0.5, 0.6) is 0 Å². The molecule has 3 heterocycles. The van der Waals surface area contributed by atoms with Gasteiger partial charge >= 0.3 is 0 Å². The first kappa shape index (κ1) is 22.1. The Morgan fingerprint density at radius 1 is 1.03 bits per heavy atom. The number of pyridine rings is 1. The summed E-state index contributed by atoms with van der Waals surface area (Å²) >= 11 is 1.57. The number of anilines is 1. The minimum Gasteiger partial charge on any atom is -0.344 e. The highest BCUT2D eigenvalue weighted by Gasteiger charge is 2.43. The van der Waals surface area contributed by atoms with E-state index in [2.05, 4.69) is 20.5 Å². The molecule has 1 N–H and O–H groups in total. The Labute approximate surface area is 207 Å². The number of fused-ring (bicyclic) bond motifs is 1. The Balaban J connectivity index is 1.37. The fourth-order valence-corrected chi connectivity index (χ4v) is 6.15. The highest BCUT2D eigenvalue weighted by molar-refractivity contribution is 7.11. The van der Waals surface area contributed by atoms with Crippen LogP contribution in [0.3, 0.4) is 0 Å². The Kier molecular flexibility index (Phi) is 5.68. The SMILES string of the molecule is Cc1cccc2ccnc(N3CC[C@@H](c4nnc(C5CC5)s4)[C@@H](NC(=O)c4ccccc4)[C@H]3F)c12. The lowest BCUT2D eigenvalue weighted by molar-refractivity contribution is 0.0873. The zero-order valence-corrected chi connectivity index (χ0v) is 20.2. The van der Waals surface area contributed by atoms with E-state index in [1.807, 2.05) is 49.4 Å². The number of piperidine rings is 1. The molecule has 35 heavy (non-hydrogen) atoms. The smallest absolute Gasteiger partial charge is 0.251 e. The van der Waals surface area contributed by atoms with E-state index in [9.17, 15) is 4.79 Å². The van der Waals surface area contributed by atoms with Crippen LogP contribution in [0.25, 0.3) is 10.8 Å². The van der Waals surface area contributed by atoms with E-state index in [4.69, 9.17) is 0 Å². The van der Waals surface area contributed by atoms with Crippen molar-refractivity contribution in [2.24, 2.45) is 0 Å². The molecule has 2 aromatic heterocycles. The van der Waals surface area contributed by atoms with Crippen molar-refractivity contribution in [2.45, 2.75) is 50.4 Å². The van der Waals surface area contributed by atoms with Crippen molar-refractivity contribution < 1.29 is 9.18 Å². The number of hydrogen-bond donors (Lipinski definition) is 1. The number of alkyl halides is 1. The molecule has 0 unspecified atom stereocenters. The lowest BCUT2D eigenvalue weighted by Crippen LogP contribution is -2.57. The van der Waals surface area contributed by atoms with E-state index in [1.54, 1.807) is 34.6 Å². The van der Waals surface area contributed by atoms with Crippen molar-refractivity contribution in [2.75, 3.05) is 11.4 Å². The second kappa shape index (κ2) is 9.00. The molecule has 1 saturated heterocycles. The van der Waals surface area contributed by atoms with E-state index in [0.717, 1.165) is 39.2 Å². The number of benzene rings is 2. The lowest BCUT2D eigenvalue weighted by Gasteiger charge is -2.42. The third-order valence-electron chi connectivity index (χ3n) is 6.99. The molecule has 8 heteroatoms. The third-order valence-corrected chi connectivity index (χ3v) is 8.21. The number of halogens is 1. The Bertz CT molecular complexity index is 1370. The topological polar surface area (TPSA) is 71.0 Å². The highest BCUT2D eigenvalue weighted by Crippen LogP contribution is 2.44. The van der Waals surface area contributed by atoms with Gasteiger partial charge in [0.2, 0.25) is 0 Å². The first-order valence-corrected chi connectivity index (χ1v) is 12.9. The molecule has 1 amide bonds. The van der Waals surface area contributed by atoms with Gasteiger partial charge in [0, 0.05) is 35.5 Å². The van der Waals surface area contributed by atoms with E-state index in [1.165, 1.54) is 0 Å². The zero-order chi connectivity index (χ0) is 23.9. The number of aryl methyl sites for hydroxylation is 1. The van der Waals surface area contributed by atoms with Crippen molar-refractivity contribution in [3.8, 4) is 0 Å². The van der Waals surface area contributed by atoms with Crippen LogP contribution in [0.15, 0.2) is 60.8 Å². The number of hydrogen-bond acceptors (Lipinski definition) is 6. The molecule has 1 aliphatic carbocycles. The molecule has 6 nitrogen and oxygen atoms in total. The van der Waals surface area contributed by atoms with Gasteiger partial charge in [-0.3, -0.25) is 4.79 Å². The minimum atomic E-state index is -1.47. The summed E-state index contributed by atoms with van der Waals surface area (Å²) < 4.78 is 16.5. The first-order chi connectivity index (χ1) is 17.1. The second-order valence-corrected chi connectivity index (χ2v) is 10.4. The molecular weight excluding hydrogens is 461 g/mol. The summed E-state index contributed by atoms with van der Waals surface area (Å²) in [6.07, 6.45) is 3.18. The van der Waals surface area contributed by atoms with E-state index >= 15 is 4.39 Å². The zero-order valence-electron chi connectivity index (χ0n) is 19.4. The van der Waals surface area contributed by atoms with Gasteiger partial charge in [0.15, 0.2) is 6.30 Å². The molecule has 1 saturated carbocycles. The fourth-order valence-electron chi connectivity index (χ4n) is 4.96. The van der Waals surface area contributed by atoms with Crippen molar-refractivity contribution in [1.82, 2.24) is 20.5 Å². The third kappa shape index (κ3) is 4.16. The molecule has 2 fully saturated rings. The first-order valence-electron chi connectivity index (χ1n) is 12.0. The summed E-state index contributed by atoms with van der Waals surface area (Å²) in [5.41, 5.74) is 1.55. The average Bonchev–Trinajstić information content (AvgIpc) is 3.62. The fraction of sp³-hybridized carbons (Fsp3) is 0.333. The molecule has 0 bridgehead atoms. The van der Waals surface area contributed by atoms with Gasteiger partial charge in [-0.05, 0) is 55.3 Å². The number of carbonyl (C=O) groups is 1. The van der Waals surface area contributed by atoms with Gasteiger partial charge in [0.05, 0.1) is 6.04 Å². The van der Waals surface area contributed by atoms with Crippen molar-refractivity contribution >= 4 is 33.8 Å². The van der Waals surface area contributed by atoms with Crippen LogP contribution in [0.1, 0.15) is 57.0 Å². The molecule has 2 aromatic carbocycles. The number of nitrogens with zero attached hydrogens (tertiary/aromatic N) is 4. The van der Waals surface area contributed by atoms with Gasteiger partial charge in [-0.25, -0.2) is 9.37 Å². The van der Waals surface area contributed by atoms with Gasteiger partial charge in [-0.2, -0.15) is 0 Å². The van der Waals surface area contributed by atoms with Crippen molar-refractivity contribution in [3.63, 3.8) is 0 Å². The minimum absolute atomic E-state index is 0.255. The van der Waals surface area contributed by atoms with E-state index < -0.39 is 12.3 Å². The van der Waals surface area contributed by atoms with Crippen LogP contribution < -0.4 is 10.2 Å². The Morgan fingerprint density at radius 2 is 1.83 bits per heavy atom. The largest absolute Gasteiger partial charge is 0.344 e. The summed E-state index contributed by atoms with van der Waals surface area (Å²) in [5, 5.41) is 15.6. The monoisotopic (exact) mass is 487 g/mol. The Hall–Kier alpha value is -3.39. The lowest BCUT2D eigenvalue weighted by atomic mass is 9.90. The molecule has 2 aliphatic rings. The maximum absolute atomic E-state index is 16.5. The number of carbonyl (C=O) groups excluding carboxylic acids is 1. The summed E-state index contributed by atoms with van der Waals surface area (Å²) in [4.78, 5) is 19.4. The predicted octanol–water partition coefficient (Wildman–Crippen LogP) is 5.36. The van der Waals surface area contributed by atoms with Crippen LogP contribution >= 0.6 is 11.3 Å². The molecule has 4 aromatic rings. The molecule has 1 aliphatic heterocycles. The summed E-state index contributed by atoms with van der Waals surface area (Å²) in [7, 11) is 0. The number of nitrogens with one attached hydrogen (secondary N) is 1. The normalized spacial score (nSPS) is 22.3. The molecule has 0 spiro atoms. The second-order valence-electron chi connectivity index (χ2n) is 9.39. The van der Waals surface area contributed by atoms with Crippen LogP contribution in [0.4, 0.5) is 10.2 Å². The van der Waals surface area contributed by atoms with E-state index in [-0.39, 0.29) is 11.8 Å². The van der Waals surface area contributed by atoms with Gasteiger partial charge < -0.3 is 10.2 Å². The van der Waals surface area contributed by atoms with Crippen LogP contribution in [-0.4, -0.2) is 40.0 Å². The maximum Gasteiger partial charge on any atom is 0.251 e. The summed E-state index contributed by atoms with van der Waals surface area (Å²) in [5.74, 6) is 0.554. The number of aromatic nitrogens is 3. The van der Waals surface area contributed by atoms with Gasteiger partial charge in [0.25, 0.3) is 5.91 Å².